The SMILES string of the molecule is CNCC1CCN(C(=O)[C@H]2COCC(=O)N2Cc2ccccc2)C1.Cl. The van der Waals surface area contributed by atoms with Gasteiger partial charge in [0, 0.05) is 19.6 Å². The van der Waals surface area contributed by atoms with E-state index in [-0.39, 0.29) is 37.4 Å². The van der Waals surface area contributed by atoms with Crippen molar-refractivity contribution in [3.63, 3.8) is 0 Å². The molecule has 2 fully saturated rings. The Balaban J connectivity index is 0.00000225. The van der Waals surface area contributed by atoms with Gasteiger partial charge in [-0.2, -0.15) is 0 Å². The van der Waals surface area contributed by atoms with Crippen LogP contribution in [-0.2, 0) is 20.9 Å². The van der Waals surface area contributed by atoms with Gasteiger partial charge in [-0.1, -0.05) is 30.3 Å². The molecule has 1 unspecified atom stereocenters. The van der Waals surface area contributed by atoms with Gasteiger partial charge in [0.2, 0.25) is 11.8 Å². The Morgan fingerprint density at radius 3 is 2.80 bits per heavy atom. The van der Waals surface area contributed by atoms with E-state index in [0.717, 1.165) is 31.6 Å². The first-order valence-corrected chi connectivity index (χ1v) is 8.53. The molecule has 0 radical (unpaired) electrons. The lowest BCUT2D eigenvalue weighted by molar-refractivity contribution is -0.159. The highest BCUT2D eigenvalue weighted by Crippen LogP contribution is 2.21. The van der Waals surface area contributed by atoms with Crippen LogP contribution in [0.4, 0.5) is 0 Å². The van der Waals surface area contributed by atoms with Crippen molar-refractivity contribution in [1.82, 2.24) is 15.1 Å². The first-order valence-electron chi connectivity index (χ1n) is 8.53. The molecule has 138 valence electrons. The van der Waals surface area contributed by atoms with Crippen LogP contribution in [0, 0.1) is 5.92 Å². The number of hydrogen-bond acceptors (Lipinski definition) is 4. The fraction of sp³-hybridized carbons (Fsp3) is 0.556. The van der Waals surface area contributed by atoms with Crippen LogP contribution in [0.15, 0.2) is 30.3 Å². The van der Waals surface area contributed by atoms with Crippen molar-refractivity contribution in [2.24, 2.45) is 5.92 Å². The molecule has 0 saturated carbocycles. The summed E-state index contributed by atoms with van der Waals surface area (Å²) in [5.41, 5.74) is 1.03. The minimum atomic E-state index is -0.514. The average Bonchev–Trinajstić information content (AvgIpc) is 3.06. The Kier molecular flexibility index (Phi) is 7.23. The highest BCUT2D eigenvalue weighted by atomic mass is 35.5. The van der Waals surface area contributed by atoms with Crippen molar-refractivity contribution in [2.75, 3.05) is 39.9 Å². The number of morpholine rings is 1. The summed E-state index contributed by atoms with van der Waals surface area (Å²) in [4.78, 5) is 28.8. The molecule has 2 amide bonds. The van der Waals surface area contributed by atoms with E-state index >= 15 is 0 Å². The molecule has 2 heterocycles. The Morgan fingerprint density at radius 1 is 1.32 bits per heavy atom. The molecule has 2 aliphatic heterocycles. The van der Waals surface area contributed by atoms with Crippen molar-refractivity contribution >= 4 is 24.2 Å². The molecule has 1 aromatic carbocycles. The predicted octanol–water partition coefficient (Wildman–Crippen LogP) is 0.904. The Bertz CT molecular complexity index is 584. The number of ether oxygens (including phenoxy) is 1. The predicted molar refractivity (Wildman–Crippen MR) is 97.5 cm³/mol. The van der Waals surface area contributed by atoms with Crippen LogP contribution in [0.3, 0.4) is 0 Å². The zero-order valence-corrected chi connectivity index (χ0v) is 15.3. The number of likely N-dealkylation sites (tertiary alicyclic amines) is 1. The lowest BCUT2D eigenvalue weighted by Crippen LogP contribution is -2.56. The molecular formula is C18H26ClN3O3. The van der Waals surface area contributed by atoms with Gasteiger partial charge in [0.15, 0.2) is 0 Å². The van der Waals surface area contributed by atoms with E-state index in [1.807, 2.05) is 42.3 Å². The van der Waals surface area contributed by atoms with E-state index in [2.05, 4.69) is 5.32 Å². The number of halogens is 1. The molecule has 0 bridgehead atoms. The molecule has 2 aliphatic rings. The Labute approximate surface area is 154 Å². The van der Waals surface area contributed by atoms with Gasteiger partial charge in [0.05, 0.1) is 6.61 Å². The molecular weight excluding hydrogens is 342 g/mol. The summed E-state index contributed by atoms with van der Waals surface area (Å²) in [6.45, 7) is 3.22. The van der Waals surface area contributed by atoms with Gasteiger partial charge in [0.25, 0.3) is 0 Å². The van der Waals surface area contributed by atoms with Gasteiger partial charge in [0.1, 0.15) is 12.6 Å². The minimum absolute atomic E-state index is 0. The van der Waals surface area contributed by atoms with Gasteiger partial charge in [-0.3, -0.25) is 9.59 Å². The van der Waals surface area contributed by atoms with Crippen molar-refractivity contribution in [3.05, 3.63) is 35.9 Å². The second-order valence-electron chi connectivity index (χ2n) is 6.53. The number of rotatable bonds is 5. The zero-order chi connectivity index (χ0) is 16.9. The molecule has 0 aliphatic carbocycles. The van der Waals surface area contributed by atoms with Crippen LogP contribution in [0.5, 0.6) is 0 Å². The van der Waals surface area contributed by atoms with Gasteiger partial charge in [-0.05, 0) is 31.5 Å². The molecule has 0 aromatic heterocycles. The first-order chi connectivity index (χ1) is 11.7. The zero-order valence-electron chi connectivity index (χ0n) is 14.5. The van der Waals surface area contributed by atoms with Crippen LogP contribution in [-0.4, -0.2) is 67.6 Å². The van der Waals surface area contributed by atoms with Crippen LogP contribution in [0.25, 0.3) is 0 Å². The van der Waals surface area contributed by atoms with Crippen molar-refractivity contribution in [1.29, 1.82) is 0 Å². The highest BCUT2D eigenvalue weighted by Gasteiger charge is 2.38. The van der Waals surface area contributed by atoms with E-state index in [1.165, 1.54) is 0 Å². The summed E-state index contributed by atoms with van der Waals surface area (Å²) < 4.78 is 5.37. The molecule has 25 heavy (non-hydrogen) atoms. The lowest BCUT2D eigenvalue weighted by atomic mass is 10.1. The van der Waals surface area contributed by atoms with E-state index in [1.54, 1.807) is 4.90 Å². The highest BCUT2D eigenvalue weighted by molar-refractivity contribution is 5.89. The van der Waals surface area contributed by atoms with Gasteiger partial charge in [-0.15, -0.1) is 12.4 Å². The monoisotopic (exact) mass is 367 g/mol. The molecule has 2 atom stereocenters. The Morgan fingerprint density at radius 2 is 2.08 bits per heavy atom. The number of carbonyl (C=O) groups excluding carboxylic acids is 2. The first kappa shape index (κ1) is 19.7. The van der Waals surface area contributed by atoms with E-state index in [9.17, 15) is 9.59 Å². The molecule has 0 spiro atoms. The maximum atomic E-state index is 12.9. The number of hydrogen-bond donors (Lipinski definition) is 1. The van der Waals surface area contributed by atoms with Crippen molar-refractivity contribution in [2.45, 2.75) is 19.0 Å². The lowest BCUT2D eigenvalue weighted by Gasteiger charge is -2.36. The number of carbonyl (C=O) groups is 2. The number of nitrogens with one attached hydrogen (secondary N) is 1. The number of nitrogens with zero attached hydrogens (tertiary/aromatic N) is 2. The molecule has 7 heteroatoms. The van der Waals surface area contributed by atoms with Crippen LogP contribution >= 0.6 is 12.4 Å². The van der Waals surface area contributed by atoms with Crippen molar-refractivity contribution < 1.29 is 14.3 Å². The third-order valence-corrected chi connectivity index (χ3v) is 4.77. The van der Waals surface area contributed by atoms with E-state index in [4.69, 9.17) is 4.74 Å². The normalized spacial score (nSPS) is 23.5. The summed E-state index contributed by atoms with van der Waals surface area (Å²) in [7, 11) is 1.93. The molecule has 3 rings (SSSR count). The maximum Gasteiger partial charge on any atom is 0.249 e. The number of amides is 2. The van der Waals surface area contributed by atoms with Gasteiger partial charge < -0.3 is 19.9 Å². The topological polar surface area (TPSA) is 61.9 Å². The summed E-state index contributed by atoms with van der Waals surface area (Å²) >= 11 is 0. The maximum absolute atomic E-state index is 12.9. The summed E-state index contributed by atoms with van der Waals surface area (Å²) in [6, 6.07) is 9.27. The second-order valence-corrected chi connectivity index (χ2v) is 6.53. The summed E-state index contributed by atoms with van der Waals surface area (Å²) in [5.74, 6) is 0.383. The van der Waals surface area contributed by atoms with E-state index < -0.39 is 6.04 Å². The smallest absolute Gasteiger partial charge is 0.249 e. The van der Waals surface area contributed by atoms with Crippen LogP contribution < -0.4 is 5.32 Å². The largest absolute Gasteiger partial charge is 0.369 e. The third-order valence-electron chi connectivity index (χ3n) is 4.77. The molecule has 6 nitrogen and oxygen atoms in total. The molecule has 2 saturated heterocycles. The summed E-state index contributed by atoms with van der Waals surface area (Å²) in [6.07, 6.45) is 1.01. The summed E-state index contributed by atoms with van der Waals surface area (Å²) in [5, 5.41) is 3.17. The minimum Gasteiger partial charge on any atom is -0.369 e. The number of benzene rings is 1. The molecule has 1 aromatic rings. The quantitative estimate of drug-likeness (QED) is 0.840. The fourth-order valence-electron chi connectivity index (χ4n) is 3.49. The third kappa shape index (κ3) is 4.71. The average molecular weight is 368 g/mol. The standard InChI is InChI=1S/C18H25N3O3.ClH/c1-19-9-15-7-8-20(10-15)18(23)16-12-24-13-17(22)21(16)11-14-5-3-2-4-6-14;/h2-6,15-16,19H,7-13H2,1H3;1H/t15?,16-;/m1./s1. The van der Waals surface area contributed by atoms with Gasteiger partial charge >= 0.3 is 0 Å². The van der Waals surface area contributed by atoms with Crippen LogP contribution in [0.1, 0.15) is 12.0 Å². The van der Waals surface area contributed by atoms with Crippen LogP contribution in [0.2, 0.25) is 0 Å². The van der Waals surface area contributed by atoms with Crippen molar-refractivity contribution in [3.8, 4) is 0 Å². The second kappa shape index (κ2) is 9.17. The molecule has 1 N–H and O–H groups in total. The van der Waals surface area contributed by atoms with E-state index in [0.29, 0.717) is 12.5 Å². The van der Waals surface area contributed by atoms with Gasteiger partial charge in [-0.25, -0.2) is 0 Å². The fourth-order valence-corrected chi connectivity index (χ4v) is 3.49. The Hall–Kier alpha value is -1.63.